The number of carbonyl (C=O) groups is 1. The number of rotatable bonds is 0. The van der Waals surface area contributed by atoms with Gasteiger partial charge in [0.1, 0.15) is 5.78 Å². The molecule has 124 valence electrons. The highest BCUT2D eigenvalue weighted by atomic mass is 16.3. The zero-order valence-corrected chi connectivity index (χ0v) is 14.5. The van der Waals surface area contributed by atoms with Crippen molar-refractivity contribution in [2.75, 3.05) is 0 Å². The summed E-state index contributed by atoms with van der Waals surface area (Å²) in [6.45, 7) is 7.03. The van der Waals surface area contributed by atoms with Crippen molar-refractivity contribution >= 4 is 5.78 Å². The highest BCUT2D eigenvalue weighted by Gasteiger charge is 2.62. The maximum absolute atomic E-state index is 12.4. The van der Waals surface area contributed by atoms with E-state index in [1.165, 1.54) is 32.1 Å². The van der Waals surface area contributed by atoms with Gasteiger partial charge in [-0.25, -0.2) is 0 Å². The van der Waals surface area contributed by atoms with Crippen LogP contribution in [0.4, 0.5) is 0 Å². The lowest BCUT2D eigenvalue weighted by Crippen LogP contribution is -2.58. The Morgan fingerprint density at radius 2 is 1.91 bits per heavy atom. The van der Waals surface area contributed by atoms with Gasteiger partial charge in [0.05, 0.1) is 6.10 Å². The molecule has 0 saturated heterocycles. The lowest BCUT2D eigenvalue weighted by atomic mass is 9.44. The number of Topliss-reactive ketones (excluding diaryl/α,β-unsaturated/α-hetero) is 1. The Hall–Kier alpha value is -0.370. The topological polar surface area (TPSA) is 37.3 Å². The Morgan fingerprint density at radius 3 is 2.68 bits per heavy atom. The number of aliphatic hydroxyl groups is 1. The molecule has 0 bridgehead atoms. The summed E-state index contributed by atoms with van der Waals surface area (Å²) >= 11 is 0. The van der Waals surface area contributed by atoms with Crippen molar-refractivity contribution in [2.45, 2.75) is 78.2 Å². The van der Waals surface area contributed by atoms with Crippen molar-refractivity contribution in [1.29, 1.82) is 0 Å². The molecule has 0 aliphatic heterocycles. The fourth-order valence-electron chi connectivity index (χ4n) is 7.37. The van der Waals surface area contributed by atoms with E-state index in [0.29, 0.717) is 29.0 Å². The van der Waals surface area contributed by atoms with E-state index in [1.807, 2.05) is 0 Å². The predicted molar refractivity (Wildman–Crippen MR) is 87.3 cm³/mol. The number of hydrogen-bond acceptors (Lipinski definition) is 2. The van der Waals surface area contributed by atoms with Gasteiger partial charge in [0.25, 0.3) is 0 Å². The van der Waals surface area contributed by atoms with Crippen molar-refractivity contribution < 1.29 is 9.90 Å². The molecule has 0 radical (unpaired) electrons. The molecule has 0 aromatic rings. The minimum Gasteiger partial charge on any atom is -0.393 e. The summed E-state index contributed by atoms with van der Waals surface area (Å²) in [4.78, 5) is 12.4. The first-order valence-electron chi connectivity index (χ1n) is 9.57. The number of ketones is 1. The molecule has 2 nitrogen and oxygen atoms in total. The van der Waals surface area contributed by atoms with Gasteiger partial charge in [0, 0.05) is 11.8 Å². The Morgan fingerprint density at radius 1 is 1.14 bits per heavy atom. The molecule has 8 atom stereocenters. The lowest BCUT2D eigenvalue weighted by molar-refractivity contribution is -0.171. The van der Waals surface area contributed by atoms with E-state index in [0.717, 1.165) is 31.1 Å². The molecule has 2 heteroatoms. The molecular formula is C20H32O2. The summed E-state index contributed by atoms with van der Waals surface area (Å²) in [6.07, 6.45) is 8.86. The molecule has 1 N–H and O–H groups in total. The minimum absolute atomic E-state index is 0.217. The van der Waals surface area contributed by atoms with Crippen molar-refractivity contribution in [3.05, 3.63) is 0 Å². The van der Waals surface area contributed by atoms with Gasteiger partial charge in [-0.3, -0.25) is 4.79 Å². The highest BCUT2D eigenvalue weighted by molar-refractivity contribution is 5.87. The fourth-order valence-corrected chi connectivity index (χ4v) is 7.37. The third kappa shape index (κ3) is 1.85. The van der Waals surface area contributed by atoms with E-state index in [-0.39, 0.29) is 11.5 Å². The van der Waals surface area contributed by atoms with Crippen LogP contribution in [0.25, 0.3) is 0 Å². The average Bonchev–Trinajstić information content (AvgIpc) is 2.75. The normalized spacial score (nSPS) is 57.9. The number of fused-ring (bicyclic) bond motifs is 5. The van der Waals surface area contributed by atoms with Crippen molar-refractivity contribution in [3.63, 3.8) is 0 Å². The van der Waals surface area contributed by atoms with Crippen LogP contribution >= 0.6 is 0 Å². The Labute approximate surface area is 135 Å². The molecule has 0 heterocycles. The second-order valence-electron chi connectivity index (χ2n) is 9.61. The van der Waals surface area contributed by atoms with Gasteiger partial charge in [-0.05, 0) is 73.5 Å². The molecule has 0 aromatic heterocycles. The summed E-state index contributed by atoms with van der Waals surface area (Å²) in [5, 5.41) is 11.1. The molecule has 22 heavy (non-hydrogen) atoms. The minimum atomic E-state index is -0.255. The van der Waals surface area contributed by atoms with Gasteiger partial charge in [-0.2, -0.15) is 0 Å². The molecule has 4 aliphatic rings. The maximum Gasteiger partial charge on any atom is 0.139 e. The standard InChI is InChI=1S/C20H32O2/c1-12-8-9-19(2)13(10-12)4-5-14-15-6-7-17(22)20(15,3)11-16(21)18(14)19/h12-16,18,21H,4-11H2,1-3H3/t12-,13+,14+,15+,16+,18-,19+,20+/m1/s1. The zero-order valence-electron chi connectivity index (χ0n) is 14.5. The van der Waals surface area contributed by atoms with Gasteiger partial charge in [-0.15, -0.1) is 0 Å². The smallest absolute Gasteiger partial charge is 0.139 e. The van der Waals surface area contributed by atoms with E-state index in [4.69, 9.17) is 0 Å². The molecule has 4 saturated carbocycles. The monoisotopic (exact) mass is 304 g/mol. The zero-order chi connectivity index (χ0) is 15.7. The van der Waals surface area contributed by atoms with Gasteiger partial charge in [-0.1, -0.05) is 27.2 Å². The Balaban J connectivity index is 1.69. The molecule has 0 unspecified atom stereocenters. The van der Waals surface area contributed by atoms with E-state index in [1.54, 1.807) is 0 Å². The summed E-state index contributed by atoms with van der Waals surface area (Å²) in [7, 11) is 0. The second kappa shape index (κ2) is 4.82. The summed E-state index contributed by atoms with van der Waals surface area (Å²) in [5.41, 5.74) is 0.105. The van der Waals surface area contributed by atoms with Gasteiger partial charge in [0.2, 0.25) is 0 Å². The number of carbonyl (C=O) groups excluding carboxylic acids is 1. The third-order valence-electron chi connectivity index (χ3n) is 8.57. The Bertz CT molecular complexity index is 486. The molecule has 4 rings (SSSR count). The van der Waals surface area contributed by atoms with Gasteiger partial charge in [0.15, 0.2) is 0 Å². The fraction of sp³-hybridized carbons (Fsp3) is 0.950. The second-order valence-corrected chi connectivity index (χ2v) is 9.61. The van der Waals surface area contributed by atoms with E-state index < -0.39 is 0 Å². The SMILES string of the molecule is C[C@@H]1CC[C@@]2(C)[C@@H](CC[C@@H]3[C@@H]2[C@@H](O)C[C@]2(C)C(=O)CC[C@@H]32)C1. The molecular weight excluding hydrogens is 272 g/mol. The van der Waals surface area contributed by atoms with E-state index in [9.17, 15) is 9.90 Å². The molecule has 4 fully saturated rings. The van der Waals surface area contributed by atoms with Crippen LogP contribution in [0.15, 0.2) is 0 Å². The summed E-state index contributed by atoms with van der Waals surface area (Å²) < 4.78 is 0. The molecule has 0 spiro atoms. The number of aliphatic hydroxyl groups excluding tert-OH is 1. The predicted octanol–water partition coefficient (Wildman–Crippen LogP) is 4.21. The van der Waals surface area contributed by atoms with Crippen LogP contribution in [-0.2, 0) is 4.79 Å². The highest BCUT2D eigenvalue weighted by Crippen LogP contribution is 2.65. The van der Waals surface area contributed by atoms with Crippen molar-refractivity contribution in [2.24, 2.45) is 40.4 Å². The lowest BCUT2D eigenvalue weighted by Gasteiger charge is -2.61. The first-order valence-corrected chi connectivity index (χ1v) is 9.57. The van der Waals surface area contributed by atoms with Crippen LogP contribution in [0.1, 0.15) is 72.1 Å². The van der Waals surface area contributed by atoms with Gasteiger partial charge >= 0.3 is 0 Å². The van der Waals surface area contributed by atoms with Crippen LogP contribution in [0.2, 0.25) is 0 Å². The van der Waals surface area contributed by atoms with Crippen molar-refractivity contribution in [1.82, 2.24) is 0 Å². The molecule has 0 amide bonds. The molecule has 4 aliphatic carbocycles. The van der Waals surface area contributed by atoms with Crippen LogP contribution in [0, 0.1) is 40.4 Å². The molecule has 0 aromatic carbocycles. The van der Waals surface area contributed by atoms with Crippen LogP contribution in [0.5, 0.6) is 0 Å². The summed E-state index contributed by atoms with van der Waals surface area (Å²) in [6, 6.07) is 0. The quantitative estimate of drug-likeness (QED) is 0.728. The van der Waals surface area contributed by atoms with E-state index in [2.05, 4.69) is 20.8 Å². The largest absolute Gasteiger partial charge is 0.393 e. The van der Waals surface area contributed by atoms with Crippen LogP contribution in [0.3, 0.4) is 0 Å². The van der Waals surface area contributed by atoms with Gasteiger partial charge < -0.3 is 5.11 Å². The maximum atomic E-state index is 12.4. The first kappa shape index (κ1) is 15.2. The first-order chi connectivity index (χ1) is 10.4. The van der Waals surface area contributed by atoms with Crippen LogP contribution in [-0.4, -0.2) is 17.0 Å². The van der Waals surface area contributed by atoms with E-state index >= 15 is 0 Å². The van der Waals surface area contributed by atoms with Crippen LogP contribution < -0.4 is 0 Å². The third-order valence-corrected chi connectivity index (χ3v) is 8.57. The average molecular weight is 304 g/mol. The number of hydrogen-bond donors (Lipinski definition) is 1. The summed E-state index contributed by atoms with van der Waals surface area (Å²) in [5.74, 6) is 3.67. The van der Waals surface area contributed by atoms with Crippen molar-refractivity contribution in [3.8, 4) is 0 Å². The Kier molecular flexibility index (Phi) is 3.32.